The molecule has 2 amide bonds. The van der Waals surface area contributed by atoms with Gasteiger partial charge in [0.25, 0.3) is 0 Å². The number of carbonyl (C=O) groups excluding carboxylic acids is 1. The molecule has 4 heteroatoms. The summed E-state index contributed by atoms with van der Waals surface area (Å²) in [6, 6.07) is 16.9. The number of hydrogen-bond acceptors (Lipinski definition) is 1. The molecule has 0 aliphatic heterocycles. The van der Waals surface area contributed by atoms with Crippen LogP contribution in [-0.4, -0.2) is 25.0 Å². The van der Waals surface area contributed by atoms with E-state index in [2.05, 4.69) is 0 Å². The molecular formula is C18H19ClN2O. The van der Waals surface area contributed by atoms with Crippen molar-refractivity contribution < 1.29 is 4.79 Å². The first-order valence-corrected chi connectivity index (χ1v) is 7.41. The highest BCUT2D eigenvalue weighted by atomic mass is 35.5. The van der Waals surface area contributed by atoms with Gasteiger partial charge in [-0.25, -0.2) is 4.79 Å². The highest BCUT2D eigenvalue weighted by Gasteiger charge is 2.19. The predicted octanol–water partition coefficient (Wildman–Crippen LogP) is 4.89. The van der Waals surface area contributed by atoms with E-state index in [9.17, 15) is 4.79 Å². The van der Waals surface area contributed by atoms with Crippen molar-refractivity contribution in [3.8, 4) is 0 Å². The molecule has 0 aliphatic carbocycles. The van der Waals surface area contributed by atoms with E-state index in [1.54, 1.807) is 23.9 Å². The molecule has 0 N–H and O–H groups in total. The smallest absolute Gasteiger partial charge is 0.297 e. The Morgan fingerprint density at radius 2 is 1.59 bits per heavy atom. The lowest BCUT2D eigenvalue weighted by atomic mass is 10.1. The summed E-state index contributed by atoms with van der Waals surface area (Å²) in [5.41, 5.74) is 2.64. The van der Waals surface area contributed by atoms with Crippen molar-refractivity contribution in [3.63, 3.8) is 0 Å². The van der Waals surface area contributed by atoms with Gasteiger partial charge in [-0.05, 0) is 36.8 Å². The van der Waals surface area contributed by atoms with Gasteiger partial charge >= 0.3 is 6.03 Å². The Labute approximate surface area is 136 Å². The SMILES string of the molecule is C/C=C(\c1ccc(Cl)cc1)N(C)C(=O)N(C)c1ccccc1. The zero-order valence-corrected chi connectivity index (χ0v) is 13.7. The summed E-state index contributed by atoms with van der Waals surface area (Å²) in [7, 11) is 3.54. The van der Waals surface area contributed by atoms with E-state index < -0.39 is 0 Å². The fourth-order valence-corrected chi connectivity index (χ4v) is 2.39. The molecule has 0 heterocycles. The zero-order chi connectivity index (χ0) is 16.1. The number of nitrogens with zero attached hydrogens (tertiary/aromatic N) is 2. The van der Waals surface area contributed by atoms with Crippen LogP contribution in [0, 0.1) is 0 Å². The second kappa shape index (κ2) is 7.14. The van der Waals surface area contributed by atoms with Crippen molar-refractivity contribution in [2.45, 2.75) is 6.92 Å². The van der Waals surface area contributed by atoms with E-state index in [1.165, 1.54) is 0 Å². The lowest BCUT2D eigenvalue weighted by Crippen LogP contribution is -2.37. The van der Waals surface area contributed by atoms with E-state index in [-0.39, 0.29) is 6.03 Å². The molecule has 0 saturated carbocycles. The summed E-state index contributed by atoms with van der Waals surface area (Å²) in [6.07, 6.45) is 1.92. The molecule has 3 nitrogen and oxygen atoms in total. The summed E-state index contributed by atoms with van der Waals surface area (Å²) in [5, 5.41) is 0.676. The Hall–Kier alpha value is -2.26. The van der Waals surface area contributed by atoms with Gasteiger partial charge in [-0.1, -0.05) is 48.0 Å². The molecule has 22 heavy (non-hydrogen) atoms. The number of rotatable bonds is 3. The molecule has 0 fully saturated rings. The highest BCUT2D eigenvalue weighted by molar-refractivity contribution is 6.30. The number of urea groups is 1. The van der Waals surface area contributed by atoms with Crippen molar-refractivity contribution in [1.82, 2.24) is 4.90 Å². The first-order valence-electron chi connectivity index (χ1n) is 7.03. The van der Waals surface area contributed by atoms with Crippen LogP contribution in [0.3, 0.4) is 0 Å². The maximum absolute atomic E-state index is 12.7. The average Bonchev–Trinajstić information content (AvgIpc) is 2.56. The lowest BCUT2D eigenvalue weighted by molar-refractivity contribution is 0.232. The first kappa shape index (κ1) is 16.1. The molecule has 2 rings (SSSR count). The third kappa shape index (κ3) is 3.49. The van der Waals surface area contributed by atoms with Crippen molar-refractivity contribution in [1.29, 1.82) is 0 Å². The Morgan fingerprint density at radius 3 is 2.14 bits per heavy atom. The van der Waals surface area contributed by atoms with Crippen molar-refractivity contribution in [2.75, 3.05) is 19.0 Å². The molecule has 2 aromatic rings. The molecular weight excluding hydrogens is 296 g/mol. The maximum atomic E-state index is 12.7. The van der Waals surface area contributed by atoms with Crippen LogP contribution in [0.25, 0.3) is 5.70 Å². The fraction of sp³-hybridized carbons (Fsp3) is 0.167. The molecule has 0 atom stereocenters. The number of anilines is 1. The number of amides is 2. The summed E-state index contributed by atoms with van der Waals surface area (Å²) in [4.78, 5) is 15.9. The molecule has 0 unspecified atom stereocenters. The Balaban J connectivity index is 2.23. The van der Waals surface area contributed by atoms with Gasteiger partial charge in [-0.3, -0.25) is 9.80 Å². The second-order valence-electron chi connectivity index (χ2n) is 4.92. The minimum atomic E-state index is -0.103. The predicted molar refractivity (Wildman–Crippen MR) is 93.1 cm³/mol. The van der Waals surface area contributed by atoms with Gasteiger partial charge in [-0.15, -0.1) is 0 Å². The molecule has 0 bridgehead atoms. The van der Waals surface area contributed by atoms with Crippen LogP contribution in [0.15, 0.2) is 60.7 Å². The normalized spacial score (nSPS) is 11.2. The number of carbonyl (C=O) groups is 1. The minimum Gasteiger partial charge on any atom is -0.297 e. The molecule has 2 aromatic carbocycles. The summed E-state index contributed by atoms with van der Waals surface area (Å²) >= 11 is 5.92. The van der Waals surface area contributed by atoms with Gasteiger partial charge in [0.2, 0.25) is 0 Å². The van der Waals surface area contributed by atoms with Gasteiger partial charge in [0.05, 0.1) is 0 Å². The third-order valence-corrected chi connectivity index (χ3v) is 3.74. The van der Waals surface area contributed by atoms with Gasteiger partial charge in [0, 0.05) is 30.5 Å². The minimum absolute atomic E-state index is 0.103. The summed E-state index contributed by atoms with van der Waals surface area (Å²) < 4.78 is 0. The molecule has 0 aliphatic rings. The van der Waals surface area contributed by atoms with Gasteiger partial charge in [0.15, 0.2) is 0 Å². The van der Waals surface area contributed by atoms with Crippen molar-refractivity contribution in [2.24, 2.45) is 0 Å². The Morgan fingerprint density at radius 1 is 1.00 bits per heavy atom. The van der Waals surface area contributed by atoms with Crippen LogP contribution in [0.4, 0.5) is 10.5 Å². The Kier molecular flexibility index (Phi) is 5.23. The lowest BCUT2D eigenvalue weighted by Gasteiger charge is -2.27. The van der Waals surface area contributed by atoms with E-state index in [0.717, 1.165) is 16.9 Å². The van der Waals surface area contributed by atoms with E-state index in [4.69, 9.17) is 11.6 Å². The van der Waals surface area contributed by atoms with Crippen molar-refractivity contribution >= 4 is 29.0 Å². The number of allylic oxidation sites excluding steroid dienone is 1. The second-order valence-corrected chi connectivity index (χ2v) is 5.35. The molecule has 0 saturated heterocycles. The van der Waals surface area contributed by atoms with Crippen LogP contribution < -0.4 is 4.90 Å². The monoisotopic (exact) mass is 314 g/mol. The third-order valence-electron chi connectivity index (χ3n) is 3.49. The van der Waals surface area contributed by atoms with Crippen LogP contribution >= 0.6 is 11.6 Å². The highest BCUT2D eigenvalue weighted by Crippen LogP contribution is 2.22. The zero-order valence-electron chi connectivity index (χ0n) is 13.0. The van der Waals surface area contributed by atoms with E-state index in [1.807, 2.05) is 67.6 Å². The summed E-state index contributed by atoms with van der Waals surface area (Å²) in [5.74, 6) is 0. The largest absolute Gasteiger partial charge is 0.328 e. The number of halogens is 1. The van der Waals surface area contributed by atoms with Gasteiger partial charge < -0.3 is 0 Å². The average molecular weight is 315 g/mol. The van der Waals surface area contributed by atoms with Gasteiger partial charge in [0.1, 0.15) is 0 Å². The maximum Gasteiger partial charge on any atom is 0.328 e. The molecule has 114 valence electrons. The van der Waals surface area contributed by atoms with Crippen LogP contribution in [-0.2, 0) is 0 Å². The molecule has 0 spiro atoms. The molecule has 0 radical (unpaired) electrons. The quantitative estimate of drug-likeness (QED) is 0.791. The number of benzene rings is 2. The topological polar surface area (TPSA) is 23.6 Å². The van der Waals surface area contributed by atoms with E-state index >= 15 is 0 Å². The number of hydrogen-bond donors (Lipinski definition) is 0. The first-order chi connectivity index (χ1) is 10.5. The fourth-order valence-electron chi connectivity index (χ4n) is 2.26. The Bertz CT molecular complexity index is 665. The number of para-hydroxylation sites is 1. The van der Waals surface area contributed by atoms with Gasteiger partial charge in [-0.2, -0.15) is 0 Å². The summed E-state index contributed by atoms with van der Waals surface area (Å²) in [6.45, 7) is 1.91. The molecule has 0 aromatic heterocycles. The van der Waals surface area contributed by atoms with Crippen LogP contribution in [0.1, 0.15) is 12.5 Å². The van der Waals surface area contributed by atoms with Crippen molar-refractivity contribution in [3.05, 3.63) is 71.3 Å². The van der Waals surface area contributed by atoms with Crippen LogP contribution in [0.2, 0.25) is 5.02 Å². The van der Waals surface area contributed by atoms with Crippen LogP contribution in [0.5, 0.6) is 0 Å². The standard InChI is InChI=1S/C18H19ClN2O/c1-4-17(14-10-12-15(19)13-11-14)21(3)18(22)20(2)16-8-6-5-7-9-16/h4-13H,1-3H3/b17-4+. The van der Waals surface area contributed by atoms with E-state index in [0.29, 0.717) is 5.02 Å².